The second kappa shape index (κ2) is 5.06. The molecule has 3 nitrogen and oxygen atoms in total. The van der Waals surface area contributed by atoms with Gasteiger partial charge >= 0.3 is 0 Å². The maximum Gasteiger partial charge on any atom is 0.197 e. The molecule has 2 heterocycles. The third-order valence-electron chi connectivity index (χ3n) is 3.34. The predicted molar refractivity (Wildman–Crippen MR) is 68.2 cm³/mol. The van der Waals surface area contributed by atoms with Gasteiger partial charge in [0.05, 0.1) is 0 Å². The Morgan fingerprint density at radius 3 is 2.88 bits per heavy atom. The Morgan fingerprint density at radius 1 is 1.44 bits per heavy atom. The minimum Gasteiger partial charge on any atom is -0.335 e. The van der Waals surface area contributed by atoms with Crippen LogP contribution in [0.2, 0.25) is 0 Å². The zero-order chi connectivity index (χ0) is 11.5. The first-order chi connectivity index (χ1) is 7.66. The summed E-state index contributed by atoms with van der Waals surface area (Å²) in [6.45, 7) is 6.46. The highest BCUT2D eigenvalue weighted by Gasteiger charge is 2.16. The van der Waals surface area contributed by atoms with Gasteiger partial charge in [-0.25, -0.2) is 4.98 Å². The van der Waals surface area contributed by atoms with Crippen molar-refractivity contribution in [1.82, 2.24) is 15.3 Å². The number of aromatic nitrogens is 2. The van der Waals surface area contributed by atoms with Crippen LogP contribution in [0.15, 0.2) is 0 Å². The van der Waals surface area contributed by atoms with E-state index in [-0.39, 0.29) is 0 Å². The molecule has 0 aromatic carbocycles. The Balaban J connectivity index is 2.17. The molecule has 1 unspecified atom stereocenters. The minimum atomic E-state index is 0.598. The molecule has 1 fully saturated rings. The van der Waals surface area contributed by atoms with Crippen molar-refractivity contribution in [2.75, 3.05) is 13.1 Å². The lowest BCUT2D eigenvalue weighted by molar-refractivity contribution is 0.374. The fourth-order valence-corrected chi connectivity index (χ4v) is 2.73. The number of nitrogens with one attached hydrogen (secondary N) is 2. The highest BCUT2D eigenvalue weighted by molar-refractivity contribution is 7.71. The summed E-state index contributed by atoms with van der Waals surface area (Å²) in [6, 6.07) is 0. The SMILES string of the molecule is Cc1nc(=S)[nH]c(C)c1CC1CCCNC1. The van der Waals surface area contributed by atoms with Crippen LogP contribution in [0.3, 0.4) is 0 Å². The number of rotatable bonds is 2. The molecule has 0 spiro atoms. The summed E-state index contributed by atoms with van der Waals surface area (Å²) >= 11 is 5.07. The molecule has 2 rings (SSSR count). The van der Waals surface area contributed by atoms with Crippen LogP contribution in [0.4, 0.5) is 0 Å². The topological polar surface area (TPSA) is 40.7 Å². The Morgan fingerprint density at radius 2 is 2.25 bits per heavy atom. The van der Waals surface area contributed by atoms with E-state index in [9.17, 15) is 0 Å². The Labute approximate surface area is 102 Å². The van der Waals surface area contributed by atoms with Crippen molar-refractivity contribution in [3.8, 4) is 0 Å². The quantitative estimate of drug-likeness (QED) is 0.775. The van der Waals surface area contributed by atoms with Gasteiger partial charge in [-0.3, -0.25) is 0 Å². The third-order valence-corrected chi connectivity index (χ3v) is 3.54. The van der Waals surface area contributed by atoms with E-state index in [4.69, 9.17) is 12.2 Å². The van der Waals surface area contributed by atoms with Gasteiger partial charge in [-0.2, -0.15) is 0 Å². The van der Waals surface area contributed by atoms with Crippen LogP contribution in [0.1, 0.15) is 29.8 Å². The Bertz CT molecular complexity index is 393. The van der Waals surface area contributed by atoms with Crippen LogP contribution in [-0.4, -0.2) is 23.1 Å². The van der Waals surface area contributed by atoms with Gasteiger partial charge in [0.15, 0.2) is 4.77 Å². The fraction of sp³-hybridized carbons (Fsp3) is 0.667. The summed E-state index contributed by atoms with van der Waals surface area (Å²) < 4.78 is 0.598. The van der Waals surface area contributed by atoms with Crippen molar-refractivity contribution in [2.45, 2.75) is 33.1 Å². The van der Waals surface area contributed by atoms with Crippen molar-refractivity contribution in [3.63, 3.8) is 0 Å². The lowest BCUT2D eigenvalue weighted by Crippen LogP contribution is -2.31. The van der Waals surface area contributed by atoms with E-state index in [1.165, 1.54) is 30.6 Å². The van der Waals surface area contributed by atoms with E-state index in [1.807, 2.05) is 0 Å². The average Bonchev–Trinajstić information content (AvgIpc) is 2.25. The third kappa shape index (κ3) is 2.68. The summed E-state index contributed by atoms with van der Waals surface area (Å²) in [5, 5.41) is 3.45. The largest absolute Gasteiger partial charge is 0.335 e. The molecule has 0 saturated carbocycles. The number of nitrogens with zero attached hydrogens (tertiary/aromatic N) is 1. The van der Waals surface area contributed by atoms with E-state index in [0.717, 1.165) is 24.6 Å². The fourth-order valence-electron chi connectivity index (χ4n) is 2.44. The van der Waals surface area contributed by atoms with E-state index < -0.39 is 0 Å². The number of hydrogen-bond donors (Lipinski definition) is 2. The molecule has 4 heteroatoms. The molecule has 1 aromatic heterocycles. The van der Waals surface area contributed by atoms with Gasteiger partial charge in [0, 0.05) is 11.4 Å². The molecule has 1 atom stereocenters. The summed E-state index contributed by atoms with van der Waals surface area (Å²) in [6.07, 6.45) is 3.73. The number of aryl methyl sites for hydroxylation is 2. The van der Waals surface area contributed by atoms with Gasteiger partial charge in [-0.1, -0.05) is 0 Å². The summed E-state index contributed by atoms with van der Waals surface area (Å²) in [5.41, 5.74) is 3.62. The molecule has 1 aliphatic heterocycles. The second-order valence-electron chi connectivity index (χ2n) is 4.65. The second-order valence-corrected chi connectivity index (χ2v) is 5.03. The minimum absolute atomic E-state index is 0.598. The smallest absolute Gasteiger partial charge is 0.197 e. The maximum absolute atomic E-state index is 5.07. The summed E-state index contributed by atoms with van der Waals surface area (Å²) in [4.78, 5) is 7.49. The molecular formula is C12H19N3S. The van der Waals surface area contributed by atoms with Crippen LogP contribution in [0.5, 0.6) is 0 Å². The number of aromatic amines is 1. The molecule has 1 aromatic rings. The van der Waals surface area contributed by atoms with Gasteiger partial charge < -0.3 is 10.3 Å². The molecule has 0 aliphatic carbocycles. The van der Waals surface area contributed by atoms with Crippen LogP contribution >= 0.6 is 12.2 Å². The lowest BCUT2D eigenvalue weighted by Gasteiger charge is -2.23. The van der Waals surface area contributed by atoms with Crippen molar-refractivity contribution in [2.24, 2.45) is 5.92 Å². The first-order valence-corrected chi connectivity index (χ1v) is 6.34. The molecule has 88 valence electrons. The maximum atomic E-state index is 5.07. The predicted octanol–water partition coefficient (Wildman–Crippen LogP) is 2.30. The van der Waals surface area contributed by atoms with Crippen LogP contribution in [0, 0.1) is 24.5 Å². The van der Waals surface area contributed by atoms with Gasteiger partial charge in [-0.05, 0) is 69.9 Å². The Kier molecular flexibility index (Phi) is 3.71. The number of piperidine rings is 1. The lowest BCUT2D eigenvalue weighted by atomic mass is 9.91. The van der Waals surface area contributed by atoms with Crippen molar-refractivity contribution >= 4 is 12.2 Å². The molecule has 1 aliphatic rings. The van der Waals surface area contributed by atoms with E-state index in [0.29, 0.717) is 4.77 Å². The standard InChI is InChI=1S/C12H19N3S/c1-8-11(9(2)15-12(16)14-8)6-10-4-3-5-13-7-10/h10,13H,3-7H2,1-2H3,(H,14,15,16). The molecular weight excluding hydrogens is 218 g/mol. The Hall–Kier alpha value is -0.740. The molecule has 0 radical (unpaired) electrons. The van der Waals surface area contributed by atoms with Gasteiger partial charge in [0.1, 0.15) is 0 Å². The van der Waals surface area contributed by atoms with Crippen molar-refractivity contribution in [1.29, 1.82) is 0 Å². The average molecular weight is 237 g/mol. The van der Waals surface area contributed by atoms with Crippen LogP contribution in [-0.2, 0) is 6.42 Å². The first kappa shape index (κ1) is 11.7. The highest BCUT2D eigenvalue weighted by Crippen LogP contribution is 2.19. The highest BCUT2D eigenvalue weighted by atomic mass is 32.1. The zero-order valence-corrected chi connectivity index (χ0v) is 10.8. The number of H-pyrrole nitrogens is 1. The van der Waals surface area contributed by atoms with Crippen LogP contribution < -0.4 is 5.32 Å². The van der Waals surface area contributed by atoms with Crippen molar-refractivity contribution in [3.05, 3.63) is 21.7 Å². The van der Waals surface area contributed by atoms with Gasteiger partial charge in [0.25, 0.3) is 0 Å². The molecule has 0 amide bonds. The van der Waals surface area contributed by atoms with Gasteiger partial charge in [0.2, 0.25) is 0 Å². The monoisotopic (exact) mass is 237 g/mol. The van der Waals surface area contributed by atoms with E-state index in [2.05, 4.69) is 29.1 Å². The molecule has 0 bridgehead atoms. The molecule has 16 heavy (non-hydrogen) atoms. The van der Waals surface area contributed by atoms with Crippen LogP contribution in [0.25, 0.3) is 0 Å². The molecule has 1 saturated heterocycles. The summed E-state index contributed by atoms with van der Waals surface area (Å²) in [5.74, 6) is 0.748. The number of hydrogen-bond acceptors (Lipinski definition) is 3. The molecule has 2 N–H and O–H groups in total. The zero-order valence-electron chi connectivity index (χ0n) is 9.97. The normalized spacial score (nSPS) is 21.0. The first-order valence-electron chi connectivity index (χ1n) is 5.94. The van der Waals surface area contributed by atoms with Gasteiger partial charge in [-0.15, -0.1) is 0 Å². The van der Waals surface area contributed by atoms with E-state index >= 15 is 0 Å². The van der Waals surface area contributed by atoms with Crippen molar-refractivity contribution < 1.29 is 0 Å². The summed E-state index contributed by atoms with van der Waals surface area (Å²) in [7, 11) is 0. The van der Waals surface area contributed by atoms with E-state index in [1.54, 1.807) is 0 Å².